The summed E-state index contributed by atoms with van der Waals surface area (Å²) in [6.07, 6.45) is 13.3. The van der Waals surface area contributed by atoms with E-state index in [0.29, 0.717) is 6.61 Å². The lowest BCUT2D eigenvalue weighted by atomic mass is 9.77. The highest BCUT2D eigenvalue weighted by atomic mass is 16.5. The molecular formula is C22H33NO. The monoisotopic (exact) mass is 327 g/mol. The Morgan fingerprint density at radius 1 is 1.04 bits per heavy atom. The van der Waals surface area contributed by atoms with E-state index in [1.165, 1.54) is 57.8 Å². The molecule has 0 spiro atoms. The Morgan fingerprint density at radius 3 is 2.33 bits per heavy atom. The van der Waals surface area contributed by atoms with Gasteiger partial charge in [0.2, 0.25) is 0 Å². The molecule has 0 aromatic heterocycles. The zero-order valence-corrected chi connectivity index (χ0v) is 15.3. The average molecular weight is 328 g/mol. The predicted octanol–water partition coefficient (Wildman–Crippen LogP) is 6.37. The van der Waals surface area contributed by atoms with Gasteiger partial charge in [0.1, 0.15) is 12.4 Å². The molecule has 1 aromatic rings. The summed E-state index contributed by atoms with van der Waals surface area (Å²) in [4.78, 5) is 0. The zero-order chi connectivity index (χ0) is 17.0. The third kappa shape index (κ3) is 6.95. The molecule has 0 radical (unpaired) electrons. The molecule has 0 heterocycles. The van der Waals surface area contributed by atoms with E-state index < -0.39 is 0 Å². The van der Waals surface area contributed by atoms with Crippen LogP contribution in [0.3, 0.4) is 0 Å². The molecule has 1 fully saturated rings. The predicted molar refractivity (Wildman–Crippen MR) is 99.9 cm³/mol. The number of rotatable bonds is 10. The summed E-state index contributed by atoms with van der Waals surface area (Å²) in [7, 11) is 0. The number of nitriles is 1. The molecule has 0 amide bonds. The summed E-state index contributed by atoms with van der Waals surface area (Å²) in [5.74, 6) is 2.69. The van der Waals surface area contributed by atoms with Gasteiger partial charge in [-0.15, -0.1) is 0 Å². The Balaban J connectivity index is 1.61. The summed E-state index contributed by atoms with van der Waals surface area (Å²) in [6.45, 7) is 2.80. The van der Waals surface area contributed by atoms with E-state index in [4.69, 9.17) is 4.74 Å². The van der Waals surface area contributed by atoms with Crippen LogP contribution in [-0.4, -0.2) is 6.61 Å². The molecule has 2 nitrogen and oxygen atoms in total. The van der Waals surface area contributed by atoms with Crippen LogP contribution < -0.4 is 4.74 Å². The van der Waals surface area contributed by atoms with Crippen LogP contribution in [0.2, 0.25) is 0 Å². The summed E-state index contributed by atoms with van der Waals surface area (Å²) in [6, 6.07) is 12.3. The second kappa shape index (κ2) is 11.1. The van der Waals surface area contributed by atoms with Crippen LogP contribution in [0.15, 0.2) is 30.3 Å². The van der Waals surface area contributed by atoms with Gasteiger partial charge < -0.3 is 4.74 Å². The van der Waals surface area contributed by atoms with Crippen molar-refractivity contribution in [2.75, 3.05) is 6.61 Å². The van der Waals surface area contributed by atoms with E-state index >= 15 is 0 Å². The second-order valence-corrected chi connectivity index (χ2v) is 7.41. The fraction of sp³-hybridized carbons (Fsp3) is 0.682. The molecule has 1 aliphatic carbocycles. The van der Waals surface area contributed by atoms with Gasteiger partial charge in [-0.2, -0.15) is 5.26 Å². The maximum absolute atomic E-state index is 9.37. The summed E-state index contributed by atoms with van der Waals surface area (Å²) in [5, 5.41) is 9.37. The van der Waals surface area contributed by atoms with Crippen molar-refractivity contribution in [3.8, 4) is 11.8 Å². The van der Waals surface area contributed by atoms with Crippen LogP contribution >= 0.6 is 0 Å². The van der Waals surface area contributed by atoms with Crippen molar-refractivity contribution in [1.82, 2.24) is 0 Å². The standard InChI is InChI=1S/C22H33NO/c1-2-3-5-8-19-11-13-20(14-12-19)15-16-21(17-23)18-24-22-9-6-4-7-10-22/h4,6-7,9-10,19-21H,2-3,5,8,11-16,18H2,1H3/t19-,20-,21?. The molecule has 1 saturated carbocycles. The fourth-order valence-electron chi connectivity index (χ4n) is 3.83. The minimum Gasteiger partial charge on any atom is -0.492 e. The molecule has 1 atom stereocenters. The van der Waals surface area contributed by atoms with Crippen LogP contribution in [-0.2, 0) is 0 Å². The Bertz CT molecular complexity index is 470. The van der Waals surface area contributed by atoms with Crippen LogP contribution in [0.4, 0.5) is 0 Å². The molecule has 2 heteroatoms. The topological polar surface area (TPSA) is 33.0 Å². The Hall–Kier alpha value is -1.49. The summed E-state index contributed by atoms with van der Waals surface area (Å²) < 4.78 is 5.75. The van der Waals surface area contributed by atoms with Crippen molar-refractivity contribution in [2.45, 2.75) is 71.1 Å². The normalized spacial score (nSPS) is 21.8. The van der Waals surface area contributed by atoms with Gasteiger partial charge in [-0.3, -0.25) is 0 Å². The molecular weight excluding hydrogens is 294 g/mol. The van der Waals surface area contributed by atoms with Crippen LogP contribution in [0.25, 0.3) is 0 Å². The van der Waals surface area contributed by atoms with Crippen molar-refractivity contribution in [2.24, 2.45) is 17.8 Å². The number of hydrogen-bond donors (Lipinski definition) is 0. The second-order valence-electron chi connectivity index (χ2n) is 7.41. The maximum Gasteiger partial charge on any atom is 0.119 e. The quantitative estimate of drug-likeness (QED) is 0.468. The van der Waals surface area contributed by atoms with E-state index in [1.807, 2.05) is 30.3 Å². The van der Waals surface area contributed by atoms with Gasteiger partial charge in [0.15, 0.2) is 0 Å². The SMILES string of the molecule is CCCCC[C@H]1CC[C@H](CCC(C#N)COc2ccccc2)CC1. The molecule has 1 aromatic carbocycles. The highest BCUT2D eigenvalue weighted by Gasteiger charge is 2.22. The van der Waals surface area contributed by atoms with Gasteiger partial charge in [-0.25, -0.2) is 0 Å². The largest absolute Gasteiger partial charge is 0.492 e. The molecule has 1 aliphatic rings. The van der Waals surface area contributed by atoms with E-state index in [1.54, 1.807) is 0 Å². The molecule has 132 valence electrons. The van der Waals surface area contributed by atoms with Crippen LogP contribution in [0.5, 0.6) is 5.75 Å². The first kappa shape index (κ1) is 18.8. The van der Waals surface area contributed by atoms with Gasteiger partial charge in [0, 0.05) is 0 Å². The smallest absolute Gasteiger partial charge is 0.119 e. The fourth-order valence-corrected chi connectivity index (χ4v) is 3.83. The van der Waals surface area contributed by atoms with Crippen molar-refractivity contribution in [3.05, 3.63) is 30.3 Å². The Kier molecular flexibility index (Phi) is 8.74. The van der Waals surface area contributed by atoms with E-state index in [-0.39, 0.29) is 5.92 Å². The van der Waals surface area contributed by atoms with Gasteiger partial charge in [0.05, 0.1) is 12.0 Å². The third-order valence-corrected chi connectivity index (χ3v) is 5.48. The highest BCUT2D eigenvalue weighted by Crippen LogP contribution is 2.34. The van der Waals surface area contributed by atoms with Gasteiger partial charge in [-0.05, 0) is 36.8 Å². The van der Waals surface area contributed by atoms with Crippen molar-refractivity contribution in [3.63, 3.8) is 0 Å². The number of para-hydroxylation sites is 1. The summed E-state index contributed by atoms with van der Waals surface area (Å²) in [5.41, 5.74) is 0. The summed E-state index contributed by atoms with van der Waals surface area (Å²) >= 11 is 0. The molecule has 0 N–H and O–H groups in total. The van der Waals surface area contributed by atoms with Gasteiger partial charge >= 0.3 is 0 Å². The van der Waals surface area contributed by atoms with Crippen molar-refractivity contribution >= 4 is 0 Å². The van der Waals surface area contributed by atoms with Crippen molar-refractivity contribution in [1.29, 1.82) is 5.26 Å². The lowest BCUT2D eigenvalue weighted by Gasteiger charge is -2.29. The minimum atomic E-state index is 0.0208. The Labute approximate surface area is 148 Å². The van der Waals surface area contributed by atoms with Gasteiger partial charge in [-0.1, -0.05) is 76.5 Å². The third-order valence-electron chi connectivity index (χ3n) is 5.48. The molecule has 0 saturated heterocycles. The number of benzene rings is 1. The van der Waals surface area contributed by atoms with Crippen molar-refractivity contribution < 1.29 is 4.74 Å². The molecule has 0 bridgehead atoms. The number of ether oxygens (including phenoxy) is 1. The first-order chi connectivity index (χ1) is 11.8. The molecule has 0 aliphatic heterocycles. The van der Waals surface area contributed by atoms with E-state index in [2.05, 4.69) is 13.0 Å². The molecule has 2 rings (SSSR count). The maximum atomic E-state index is 9.37. The number of hydrogen-bond acceptors (Lipinski definition) is 2. The Morgan fingerprint density at radius 2 is 1.71 bits per heavy atom. The molecule has 24 heavy (non-hydrogen) atoms. The minimum absolute atomic E-state index is 0.0208. The van der Waals surface area contributed by atoms with E-state index in [9.17, 15) is 5.26 Å². The first-order valence-corrected chi connectivity index (χ1v) is 9.89. The lowest BCUT2D eigenvalue weighted by Crippen LogP contribution is -2.17. The van der Waals surface area contributed by atoms with Crippen LogP contribution in [0, 0.1) is 29.1 Å². The van der Waals surface area contributed by atoms with Gasteiger partial charge in [0.25, 0.3) is 0 Å². The zero-order valence-electron chi connectivity index (χ0n) is 15.3. The molecule has 1 unspecified atom stereocenters. The number of nitrogens with zero attached hydrogens (tertiary/aromatic N) is 1. The number of unbranched alkanes of at least 4 members (excludes halogenated alkanes) is 2. The average Bonchev–Trinajstić information content (AvgIpc) is 2.64. The van der Waals surface area contributed by atoms with E-state index in [0.717, 1.165) is 24.0 Å². The highest BCUT2D eigenvalue weighted by molar-refractivity contribution is 5.21. The lowest BCUT2D eigenvalue weighted by molar-refractivity contribution is 0.223. The first-order valence-electron chi connectivity index (χ1n) is 9.89. The van der Waals surface area contributed by atoms with Crippen LogP contribution in [0.1, 0.15) is 71.1 Å².